The lowest BCUT2D eigenvalue weighted by atomic mass is 9.95. The maximum absolute atomic E-state index is 14.5. The Morgan fingerprint density at radius 2 is 1.73 bits per heavy atom. The van der Waals surface area contributed by atoms with Crippen molar-refractivity contribution in [2.75, 3.05) is 19.6 Å². The Hall–Kier alpha value is -2.60. The predicted molar refractivity (Wildman–Crippen MR) is 124 cm³/mol. The lowest BCUT2D eigenvalue weighted by Gasteiger charge is -2.41. The lowest BCUT2D eigenvalue weighted by Crippen LogP contribution is -2.54. The first kappa shape index (κ1) is 23.6. The number of ketones is 1. The molecule has 4 nitrogen and oxygen atoms in total. The number of halogens is 2. The molecule has 0 radical (unpaired) electrons. The van der Waals surface area contributed by atoms with Gasteiger partial charge >= 0.3 is 0 Å². The zero-order valence-electron chi connectivity index (χ0n) is 19.4. The number of hydrogen-bond donors (Lipinski definition) is 0. The van der Waals surface area contributed by atoms with Gasteiger partial charge in [-0.25, -0.2) is 8.78 Å². The number of nitrogens with zero attached hydrogens (tertiary/aromatic N) is 2. The summed E-state index contributed by atoms with van der Waals surface area (Å²) in [6.07, 6.45) is 4.25. The molecule has 2 aromatic carbocycles. The highest BCUT2D eigenvalue weighted by atomic mass is 19.1. The molecule has 0 spiro atoms. The molecule has 0 aromatic heterocycles. The van der Waals surface area contributed by atoms with Gasteiger partial charge in [-0.05, 0) is 67.6 Å². The Bertz CT molecular complexity index is 1030. The fourth-order valence-electron chi connectivity index (χ4n) is 5.25. The topological polar surface area (TPSA) is 40.6 Å². The summed E-state index contributed by atoms with van der Waals surface area (Å²) in [4.78, 5) is 29.8. The number of piperazine rings is 1. The van der Waals surface area contributed by atoms with Crippen molar-refractivity contribution in [2.24, 2.45) is 5.92 Å². The Kier molecular flexibility index (Phi) is 7.23. The Morgan fingerprint density at radius 1 is 1.03 bits per heavy atom. The largest absolute Gasteiger partial charge is 0.337 e. The van der Waals surface area contributed by atoms with Gasteiger partial charge in [-0.2, -0.15) is 0 Å². The highest BCUT2D eigenvalue weighted by molar-refractivity contribution is 5.97. The van der Waals surface area contributed by atoms with Crippen molar-refractivity contribution in [2.45, 2.75) is 58.5 Å². The van der Waals surface area contributed by atoms with Crippen LogP contribution in [0.3, 0.4) is 0 Å². The molecule has 1 aliphatic carbocycles. The molecule has 1 atom stereocenters. The average Bonchev–Trinajstić information content (AvgIpc) is 3.32. The minimum absolute atomic E-state index is 0.0274. The second-order valence-electron chi connectivity index (χ2n) is 9.53. The maximum Gasteiger partial charge on any atom is 0.226 e. The molecule has 2 aliphatic rings. The van der Waals surface area contributed by atoms with Gasteiger partial charge in [-0.15, -0.1) is 0 Å². The molecule has 1 saturated carbocycles. The molecule has 4 rings (SSSR count). The number of rotatable bonds is 6. The van der Waals surface area contributed by atoms with Crippen LogP contribution in [-0.4, -0.2) is 47.2 Å². The molecule has 6 heteroatoms. The Labute approximate surface area is 194 Å². The summed E-state index contributed by atoms with van der Waals surface area (Å²) in [6, 6.07) is 8.89. The standard InChI is InChI=1S/C27H32F2N2O2/c1-18-16-30(11-12-31(18)27(33)20-7-3-4-8-20)17-22-14-23(28)13-21(19(22)2)15-26(32)24-9-5-6-10-25(24)29/h5-6,9-10,13-14,18,20H,3-4,7-8,11-12,15-17H2,1-2H3/t18-/m0/s1. The molecular weight excluding hydrogens is 422 g/mol. The Morgan fingerprint density at radius 3 is 2.42 bits per heavy atom. The van der Waals surface area contributed by atoms with E-state index in [9.17, 15) is 18.4 Å². The van der Waals surface area contributed by atoms with Gasteiger partial charge < -0.3 is 4.90 Å². The molecule has 2 aromatic rings. The van der Waals surface area contributed by atoms with Crippen LogP contribution in [0.15, 0.2) is 36.4 Å². The van der Waals surface area contributed by atoms with Crippen LogP contribution in [0.5, 0.6) is 0 Å². The highest BCUT2D eigenvalue weighted by Crippen LogP contribution is 2.28. The van der Waals surface area contributed by atoms with Gasteiger partial charge in [0, 0.05) is 44.6 Å². The first-order valence-electron chi connectivity index (χ1n) is 11.9. The van der Waals surface area contributed by atoms with E-state index in [0.29, 0.717) is 18.7 Å². The minimum Gasteiger partial charge on any atom is -0.337 e. The molecule has 0 bridgehead atoms. The molecule has 2 fully saturated rings. The number of Topliss-reactive ketones (excluding diaryl/α,β-unsaturated/α-hetero) is 1. The minimum atomic E-state index is -0.559. The first-order valence-corrected chi connectivity index (χ1v) is 11.9. The number of hydrogen-bond acceptors (Lipinski definition) is 3. The van der Waals surface area contributed by atoms with Crippen LogP contribution >= 0.6 is 0 Å². The van der Waals surface area contributed by atoms with Crippen LogP contribution in [0.2, 0.25) is 0 Å². The van der Waals surface area contributed by atoms with Crippen molar-refractivity contribution in [1.29, 1.82) is 0 Å². The van der Waals surface area contributed by atoms with E-state index in [1.165, 1.54) is 24.3 Å². The van der Waals surface area contributed by atoms with Crippen LogP contribution in [0.25, 0.3) is 0 Å². The van der Waals surface area contributed by atoms with Gasteiger partial charge in [0.1, 0.15) is 11.6 Å². The lowest BCUT2D eigenvalue weighted by molar-refractivity contribution is -0.140. The van der Waals surface area contributed by atoms with Gasteiger partial charge in [0.25, 0.3) is 0 Å². The summed E-state index contributed by atoms with van der Waals surface area (Å²) in [5, 5.41) is 0. The van der Waals surface area contributed by atoms with Gasteiger partial charge in [0.2, 0.25) is 5.91 Å². The van der Waals surface area contributed by atoms with Crippen molar-refractivity contribution >= 4 is 11.7 Å². The van der Waals surface area contributed by atoms with Crippen molar-refractivity contribution in [3.8, 4) is 0 Å². The van der Waals surface area contributed by atoms with E-state index in [1.54, 1.807) is 12.1 Å². The van der Waals surface area contributed by atoms with Crippen molar-refractivity contribution < 1.29 is 18.4 Å². The molecule has 33 heavy (non-hydrogen) atoms. The SMILES string of the molecule is Cc1c(CC(=O)c2ccccc2F)cc(F)cc1CN1CCN(C(=O)C2CCCC2)[C@@H](C)C1. The second-order valence-corrected chi connectivity index (χ2v) is 9.53. The summed E-state index contributed by atoms with van der Waals surface area (Å²) in [5.41, 5.74) is 2.30. The van der Waals surface area contributed by atoms with Crippen LogP contribution < -0.4 is 0 Å². The third-order valence-electron chi connectivity index (χ3n) is 7.21. The summed E-state index contributed by atoms with van der Waals surface area (Å²) >= 11 is 0. The second kappa shape index (κ2) is 10.1. The van der Waals surface area contributed by atoms with E-state index in [0.717, 1.165) is 49.9 Å². The van der Waals surface area contributed by atoms with Gasteiger partial charge in [-0.3, -0.25) is 14.5 Å². The monoisotopic (exact) mass is 454 g/mol. The predicted octanol–water partition coefficient (Wildman–Crippen LogP) is 4.92. The number of carbonyl (C=O) groups excluding carboxylic acids is 2. The number of amides is 1. The van der Waals surface area contributed by atoms with E-state index in [1.807, 2.05) is 11.8 Å². The summed E-state index contributed by atoms with van der Waals surface area (Å²) in [5.74, 6) is -0.847. The molecule has 1 saturated heterocycles. The van der Waals surface area contributed by atoms with Gasteiger partial charge in [0.15, 0.2) is 5.78 Å². The normalized spacial score (nSPS) is 19.8. The fraction of sp³-hybridized carbons (Fsp3) is 0.481. The van der Waals surface area contributed by atoms with E-state index in [2.05, 4.69) is 11.8 Å². The van der Waals surface area contributed by atoms with E-state index < -0.39 is 11.6 Å². The summed E-state index contributed by atoms with van der Waals surface area (Å²) in [6.45, 7) is 6.68. The van der Waals surface area contributed by atoms with Crippen LogP contribution in [-0.2, 0) is 17.8 Å². The van der Waals surface area contributed by atoms with E-state index in [4.69, 9.17) is 0 Å². The first-order chi connectivity index (χ1) is 15.8. The molecule has 1 aliphatic heterocycles. The third kappa shape index (κ3) is 5.32. The smallest absolute Gasteiger partial charge is 0.226 e. The fourth-order valence-corrected chi connectivity index (χ4v) is 5.25. The van der Waals surface area contributed by atoms with E-state index in [-0.39, 0.29) is 35.6 Å². The van der Waals surface area contributed by atoms with Crippen molar-refractivity contribution in [3.63, 3.8) is 0 Å². The van der Waals surface area contributed by atoms with Crippen molar-refractivity contribution in [3.05, 3.63) is 70.3 Å². The third-order valence-corrected chi connectivity index (χ3v) is 7.21. The Balaban J connectivity index is 1.43. The van der Waals surface area contributed by atoms with Crippen molar-refractivity contribution in [1.82, 2.24) is 9.80 Å². The molecule has 0 unspecified atom stereocenters. The zero-order valence-corrected chi connectivity index (χ0v) is 19.4. The molecule has 176 valence electrons. The molecule has 1 heterocycles. The van der Waals surface area contributed by atoms with E-state index >= 15 is 0 Å². The molecular formula is C27H32F2N2O2. The maximum atomic E-state index is 14.5. The average molecular weight is 455 g/mol. The van der Waals surface area contributed by atoms with Gasteiger partial charge in [0.05, 0.1) is 5.56 Å². The highest BCUT2D eigenvalue weighted by Gasteiger charge is 2.33. The summed E-state index contributed by atoms with van der Waals surface area (Å²) < 4.78 is 28.5. The molecule has 0 N–H and O–H groups in total. The van der Waals surface area contributed by atoms with Crippen LogP contribution in [0, 0.1) is 24.5 Å². The number of carbonyl (C=O) groups is 2. The zero-order chi connectivity index (χ0) is 23.5. The quantitative estimate of drug-likeness (QED) is 0.582. The summed E-state index contributed by atoms with van der Waals surface area (Å²) in [7, 11) is 0. The van der Waals surface area contributed by atoms with Crippen LogP contribution in [0.1, 0.15) is 59.7 Å². The number of benzene rings is 2. The van der Waals surface area contributed by atoms with Gasteiger partial charge in [-0.1, -0.05) is 25.0 Å². The van der Waals surface area contributed by atoms with Crippen LogP contribution in [0.4, 0.5) is 8.78 Å². The molecule has 1 amide bonds.